The van der Waals surface area contributed by atoms with E-state index in [1.807, 2.05) is 0 Å². The standard InChI is InChI=1S/C15H27N3O3/c1-3-12-6-4-5-7-14(12)20-10-13(19)8-16-9-15-17-11(2)21-18-15/h12-14,16,19H,3-10H2,1-2H3. The maximum Gasteiger partial charge on any atom is 0.223 e. The number of hydrogen-bond acceptors (Lipinski definition) is 6. The van der Waals surface area contributed by atoms with Crippen molar-refractivity contribution in [3.8, 4) is 0 Å². The Balaban J connectivity index is 1.61. The monoisotopic (exact) mass is 297 g/mol. The van der Waals surface area contributed by atoms with Gasteiger partial charge in [0.25, 0.3) is 0 Å². The van der Waals surface area contributed by atoms with Crippen LogP contribution in [0.2, 0.25) is 0 Å². The number of hydrogen-bond donors (Lipinski definition) is 2. The smallest absolute Gasteiger partial charge is 0.223 e. The molecule has 2 N–H and O–H groups in total. The van der Waals surface area contributed by atoms with E-state index in [-0.39, 0.29) is 0 Å². The van der Waals surface area contributed by atoms with Gasteiger partial charge in [0.2, 0.25) is 5.89 Å². The second-order valence-corrected chi connectivity index (χ2v) is 5.84. The van der Waals surface area contributed by atoms with E-state index in [4.69, 9.17) is 9.26 Å². The highest BCUT2D eigenvalue weighted by Crippen LogP contribution is 2.29. The van der Waals surface area contributed by atoms with Gasteiger partial charge in [-0.1, -0.05) is 31.3 Å². The fourth-order valence-electron chi connectivity index (χ4n) is 2.92. The van der Waals surface area contributed by atoms with Crippen molar-refractivity contribution in [1.82, 2.24) is 15.5 Å². The maximum atomic E-state index is 9.97. The van der Waals surface area contributed by atoms with E-state index in [1.165, 1.54) is 19.3 Å². The molecular formula is C15H27N3O3. The number of nitrogens with zero attached hydrogens (tertiary/aromatic N) is 2. The summed E-state index contributed by atoms with van der Waals surface area (Å²) in [4.78, 5) is 4.09. The molecule has 0 aliphatic heterocycles. The molecule has 3 atom stereocenters. The van der Waals surface area contributed by atoms with Crippen LogP contribution in [-0.4, -0.2) is 40.6 Å². The van der Waals surface area contributed by atoms with Crippen molar-refractivity contribution < 1.29 is 14.4 Å². The van der Waals surface area contributed by atoms with E-state index in [9.17, 15) is 5.11 Å². The summed E-state index contributed by atoms with van der Waals surface area (Å²) < 4.78 is 10.8. The average Bonchev–Trinajstić information content (AvgIpc) is 2.91. The lowest BCUT2D eigenvalue weighted by atomic mass is 9.85. The molecule has 1 heterocycles. The van der Waals surface area contributed by atoms with Gasteiger partial charge in [0.1, 0.15) is 0 Å². The Morgan fingerprint density at radius 1 is 1.43 bits per heavy atom. The van der Waals surface area contributed by atoms with Crippen molar-refractivity contribution in [2.75, 3.05) is 13.2 Å². The zero-order valence-corrected chi connectivity index (χ0v) is 13.0. The van der Waals surface area contributed by atoms with Crippen LogP contribution in [0.4, 0.5) is 0 Å². The van der Waals surface area contributed by atoms with Gasteiger partial charge in [0.15, 0.2) is 5.82 Å². The van der Waals surface area contributed by atoms with Crippen LogP contribution in [0.1, 0.15) is 50.7 Å². The molecule has 6 heteroatoms. The SMILES string of the molecule is CCC1CCCCC1OCC(O)CNCc1noc(C)n1. The van der Waals surface area contributed by atoms with Crippen LogP contribution >= 0.6 is 0 Å². The highest BCUT2D eigenvalue weighted by molar-refractivity contribution is 4.83. The zero-order chi connectivity index (χ0) is 15.1. The van der Waals surface area contributed by atoms with Gasteiger partial charge in [0, 0.05) is 13.5 Å². The summed E-state index contributed by atoms with van der Waals surface area (Å²) in [5.74, 6) is 1.82. The van der Waals surface area contributed by atoms with Gasteiger partial charge < -0.3 is 19.7 Å². The van der Waals surface area contributed by atoms with E-state index in [0.29, 0.717) is 43.4 Å². The summed E-state index contributed by atoms with van der Waals surface area (Å²) in [7, 11) is 0. The third-order valence-corrected chi connectivity index (χ3v) is 4.10. The zero-order valence-electron chi connectivity index (χ0n) is 13.0. The van der Waals surface area contributed by atoms with Crippen LogP contribution in [0, 0.1) is 12.8 Å². The molecule has 6 nitrogen and oxygen atoms in total. The van der Waals surface area contributed by atoms with Gasteiger partial charge in [-0.3, -0.25) is 0 Å². The first-order valence-electron chi connectivity index (χ1n) is 7.98. The lowest BCUT2D eigenvalue weighted by molar-refractivity contribution is -0.0499. The van der Waals surface area contributed by atoms with E-state index >= 15 is 0 Å². The molecule has 1 saturated carbocycles. The summed E-state index contributed by atoms with van der Waals surface area (Å²) in [5.41, 5.74) is 0. The van der Waals surface area contributed by atoms with Crippen LogP contribution in [0.15, 0.2) is 4.52 Å². The first-order chi connectivity index (χ1) is 10.2. The number of aryl methyl sites for hydroxylation is 1. The second-order valence-electron chi connectivity index (χ2n) is 5.84. The number of aliphatic hydroxyl groups is 1. The van der Waals surface area contributed by atoms with Crippen LogP contribution in [0.5, 0.6) is 0 Å². The lowest BCUT2D eigenvalue weighted by Gasteiger charge is -2.31. The molecule has 2 rings (SSSR count). The molecule has 120 valence electrons. The molecule has 1 aliphatic carbocycles. The van der Waals surface area contributed by atoms with Crippen molar-refractivity contribution in [3.63, 3.8) is 0 Å². The molecule has 1 aromatic rings. The van der Waals surface area contributed by atoms with E-state index in [2.05, 4.69) is 22.4 Å². The summed E-state index contributed by atoms with van der Waals surface area (Å²) >= 11 is 0. The van der Waals surface area contributed by atoms with Crippen molar-refractivity contribution in [2.24, 2.45) is 5.92 Å². The molecule has 0 spiro atoms. The predicted octanol–water partition coefficient (Wildman–Crippen LogP) is 1.81. The Morgan fingerprint density at radius 2 is 2.24 bits per heavy atom. The molecule has 1 aliphatic rings. The van der Waals surface area contributed by atoms with Crippen LogP contribution in [0.25, 0.3) is 0 Å². The number of nitrogens with one attached hydrogen (secondary N) is 1. The minimum absolute atomic E-state index is 0.318. The third kappa shape index (κ3) is 5.37. The van der Waals surface area contributed by atoms with Crippen LogP contribution < -0.4 is 5.32 Å². The molecule has 21 heavy (non-hydrogen) atoms. The normalized spacial score (nSPS) is 24.1. The van der Waals surface area contributed by atoms with Gasteiger partial charge in [-0.05, 0) is 18.8 Å². The van der Waals surface area contributed by atoms with Crippen LogP contribution in [0.3, 0.4) is 0 Å². The second kappa shape index (κ2) is 8.46. The van der Waals surface area contributed by atoms with Gasteiger partial charge in [0.05, 0.1) is 25.4 Å². The molecule has 0 aromatic carbocycles. The average molecular weight is 297 g/mol. The highest BCUT2D eigenvalue weighted by Gasteiger charge is 2.24. The molecule has 0 amide bonds. The van der Waals surface area contributed by atoms with Crippen molar-refractivity contribution >= 4 is 0 Å². The maximum absolute atomic E-state index is 9.97. The minimum atomic E-state index is -0.502. The van der Waals surface area contributed by atoms with E-state index < -0.39 is 6.10 Å². The Morgan fingerprint density at radius 3 is 2.95 bits per heavy atom. The number of ether oxygens (including phenoxy) is 1. The topological polar surface area (TPSA) is 80.4 Å². The predicted molar refractivity (Wildman–Crippen MR) is 78.7 cm³/mol. The van der Waals surface area contributed by atoms with E-state index in [1.54, 1.807) is 6.92 Å². The minimum Gasteiger partial charge on any atom is -0.389 e. The first-order valence-corrected chi connectivity index (χ1v) is 7.98. The summed E-state index contributed by atoms with van der Waals surface area (Å²) in [6.45, 7) is 5.33. The lowest BCUT2D eigenvalue weighted by Crippen LogP contribution is -2.35. The summed E-state index contributed by atoms with van der Waals surface area (Å²) in [5, 5.41) is 16.9. The molecule has 0 radical (unpaired) electrons. The number of aromatic nitrogens is 2. The van der Waals surface area contributed by atoms with Crippen LogP contribution in [-0.2, 0) is 11.3 Å². The van der Waals surface area contributed by atoms with Gasteiger partial charge >= 0.3 is 0 Å². The quantitative estimate of drug-likeness (QED) is 0.762. The fourth-order valence-corrected chi connectivity index (χ4v) is 2.92. The molecular weight excluding hydrogens is 270 g/mol. The van der Waals surface area contributed by atoms with Gasteiger partial charge in [-0.2, -0.15) is 4.98 Å². The van der Waals surface area contributed by atoms with Gasteiger partial charge in [-0.25, -0.2) is 0 Å². The molecule has 1 fully saturated rings. The van der Waals surface area contributed by atoms with Crippen molar-refractivity contribution in [1.29, 1.82) is 0 Å². The highest BCUT2D eigenvalue weighted by atomic mass is 16.5. The first kappa shape index (κ1) is 16.4. The summed E-state index contributed by atoms with van der Waals surface area (Å²) in [6, 6.07) is 0. The van der Waals surface area contributed by atoms with E-state index in [0.717, 1.165) is 12.8 Å². The Bertz CT molecular complexity index is 411. The largest absolute Gasteiger partial charge is 0.389 e. The molecule has 3 unspecified atom stereocenters. The Kier molecular flexibility index (Phi) is 6.60. The molecule has 0 bridgehead atoms. The van der Waals surface area contributed by atoms with Gasteiger partial charge in [-0.15, -0.1) is 0 Å². The number of rotatable bonds is 8. The Hall–Kier alpha value is -0.980. The number of aliphatic hydroxyl groups excluding tert-OH is 1. The molecule has 0 saturated heterocycles. The third-order valence-electron chi connectivity index (χ3n) is 4.10. The Labute approximate surface area is 126 Å². The molecule has 1 aromatic heterocycles. The van der Waals surface area contributed by atoms with Crippen molar-refractivity contribution in [2.45, 2.75) is 64.7 Å². The fraction of sp³-hybridized carbons (Fsp3) is 0.867. The van der Waals surface area contributed by atoms with Crippen molar-refractivity contribution in [3.05, 3.63) is 11.7 Å². The summed E-state index contributed by atoms with van der Waals surface area (Å²) in [6.07, 6.45) is 5.92.